The molecule has 0 aromatic carbocycles. The van der Waals surface area contributed by atoms with E-state index in [1.165, 1.54) is 0 Å². The lowest BCUT2D eigenvalue weighted by Gasteiger charge is -2.35. The molecule has 2 atom stereocenters. The number of morpholine rings is 1. The summed E-state index contributed by atoms with van der Waals surface area (Å²) in [5, 5.41) is 6.53. The van der Waals surface area contributed by atoms with Crippen LogP contribution in [0.3, 0.4) is 0 Å². The maximum Gasteiger partial charge on any atom is 0.273 e. The molecule has 1 fully saturated rings. The summed E-state index contributed by atoms with van der Waals surface area (Å²) >= 11 is 0. The fourth-order valence-electron chi connectivity index (χ4n) is 2.36. The van der Waals surface area contributed by atoms with Gasteiger partial charge in [0.15, 0.2) is 5.69 Å². The van der Waals surface area contributed by atoms with Crippen molar-refractivity contribution in [2.45, 2.75) is 33.0 Å². The highest BCUT2D eigenvalue weighted by Gasteiger charge is 2.21. The van der Waals surface area contributed by atoms with Crippen molar-refractivity contribution in [3.8, 4) is 0 Å². The van der Waals surface area contributed by atoms with Crippen molar-refractivity contribution < 1.29 is 14.1 Å². The molecule has 2 heterocycles. The van der Waals surface area contributed by atoms with Crippen LogP contribution in [0.4, 0.5) is 0 Å². The largest absolute Gasteiger partial charge is 0.373 e. The van der Waals surface area contributed by atoms with Crippen LogP contribution in [0.1, 0.15) is 30.1 Å². The lowest BCUT2D eigenvalue weighted by molar-refractivity contribution is -0.0672. The summed E-state index contributed by atoms with van der Waals surface area (Å²) in [5.41, 5.74) is 0.334. The Balaban J connectivity index is 1.73. The molecular formula is C13H21N3O3. The number of hydrogen-bond donors (Lipinski definition) is 1. The smallest absolute Gasteiger partial charge is 0.273 e. The number of hydrogen-bond acceptors (Lipinski definition) is 5. The zero-order valence-corrected chi connectivity index (χ0v) is 11.7. The Morgan fingerprint density at radius 2 is 2.16 bits per heavy atom. The van der Waals surface area contributed by atoms with Gasteiger partial charge >= 0.3 is 0 Å². The van der Waals surface area contributed by atoms with E-state index in [4.69, 9.17) is 9.26 Å². The topological polar surface area (TPSA) is 67.6 Å². The van der Waals surface area contributed by atoms with Crippen molar-refractivity contribution >= 4 is 5.91 Å². The van der Waals surface area contributed by atoms with Gasteiger partial charge in [-0.1, -0.05) is 5.16 Å². The second kappa shape index (κ2) is 6.16. The highest BCUT2D eigenvalue weighted by molar-refractivity contribution is 5.92. The number of nitrogens with one attached hydrogen (secondary N) is 1. The van der Waals surface area contributed by atoms with E-state index >= 15 is 0 Å². The SMILES string of the molecule is Cc1cc(C(=O)NCCN2C[C@@H](C)O[C@@H](C)C2)no1. The number of nitrogens with zero attached hydrogens (tertiary/aromatic N) is 2. The molecular weight excluding hydrogens is 246 g/mol. The highest BCUT2D eigenvalue weighted by atomic mass is 16.5. The number of rotatable bonds is 4. The average molecular weight is 267 g/mol. The summed E-state index contributed by atoms with van der Waals surface area (Å²) in [6, 6.07) is 1.63. The van der Waals surface area contributed by atoms with Crippen LogP contribution in [0, 0.1) is 6.92 Å². The first kappa shape index (κ1) is 14.0. The van der Waals surface area contributed by atoms with Crippen LogP contribution in [-0.4, -0.2) is 54.4 Å². The zero-order valence-electron chi connectivity index (χ0n) is 11.7. The van der Waals surface area contributed by atoms with Gasteiger partial charge in [-0.25, -0.2) is 0 Å². The lowest BCUT2D eigenvalue weighted by atomic mass is 10.2. The summed E-state index contributed by atoms with van der Waals surface area (Å²) in [5.74, 6) is 0.451. The molecule has 6 heteroatoms. The molecule has 0 aliphatic carbocycles. The van der Waals surface area contributed by atoms with E-state index in [1.54, 1.807) is 13.0 Å². The lowest BCUT2D eigenvalue weighted by Crippen LogP contribution is -2.47. The zero-order chi connectivity index (χ0) is 13.8. The maximum atomic E-state index is 11.8. The molecule has 0 unspecified atom stereocenters. The van der Waals surface area contributed by atoms with Gasteiger partial charge in [0.2, 0.25) is 0 Å². The molecule has 1 saturated heterocycles. The maximum absolute atomic E-state index is 11.8. The van der Waals surface area contributed by atoms with E-state index in [-0.39, 0.29) is 18.1 Å². The summed E-state index contributed by atoms with van der Waals surface area (Å²) in [6.07, 6.45) is 0.496. The van der Waals surface area contributed by atoms with Gasteiger partial charge in [0.25, 0.3) is 5.91 Å². The van der Waals surface area contributed by atoms with Gasteiger partial charge in [0.1, 0.15) is 5.76 Å². The van der Waals surface area contributed by atoms with Gasteiger partial charge in [-0.2, -0.15) is 0 Å². The van der Waals surface area contributed by atoms with Crippen LogP contribution >= 0.6 is 0 Å². The van der Waals surface area contributed by atoms with Gasteiger partial charge in [-0.05, 0) is 20.8 Å². The second-order valence-electron chi connectivity index (χ2n) is 5.10. The Hall–Kier alpha value is -1.40. The predicted molar refractivity (Wildman–Crippen MR) is 70.0 cm³/mol. The number of aromatic nitrogens is 1. The van der Waals surface area contributed by atoms with Crippen LogP contribution in [0.25, 0.3) is 0 Å². The Bertz CT molecular complexity index is 423. The summed E-state index contributed by atoms with van der Waals surface area (Å²) in [4.78, 5) is 14.1. The Labute approximate surface area is 113 Å². The van der Waals surface area contributed by atoms with Gasteiger partial charge < -0.3 is 14.6 Å². The van der Waals surface area contributed by atoms with Crippen molar-refractivity contribution in [1.82, 2.24) is 15.4 Å². The molecule has 1 aliphatic heterocycles. The molecule has 19 heavy (non-hydrogen) atoms. The first-order chi connectivity index (χ1) is 9.04. The van der Waals surface area contributed by atoms with Crippen LogP contribution in [-0.2, 0) is 4.74 Å². The van der Waals surface area contributed by atoms with Crippen molar-refractivity contribution in [2.24, 2.45) is 0 Å². The molecule has 1 aliphatic rings. The normalized spacial score (nSPS) is 24.4. The molecule has 1 amide bonds. The molecule has 0 spiro atoms. The van der Waals surface area contributed by atoms with E-state index in [0.29, 0.717) is 18.0 Å². The van der Waals surface area contributed by atoms with Gasteiger partial charge in [0, 0.05) is 32.2 Å². The molecule has 1 aromatic heterocycles. The standard InChI is InChI=1S/C13H21N3O3/c1-9-6-12(15-19-9)13(17)14-4-5-16-7-10(2)18-11(3)8-16/h6,10-11H,4-5,7-8H2,1-3H3,(H,14,17)/t10-,11+. The Morgan fingerprint density at radius 1 is 1.47 bits per heavy atom. The molecule has 0 radical (unpaired) electrons. The second-order valence-corrected chi connectivity index (χ2v) is 5.10. The minimum absolute atomic E-state index is 0.189. The van der Waals surface area contributed by atoms with Gasteiger partial charge in [-0.15, -0.1) is 0 Å². The third-order valence-corrected chi connectivity index (χ3v) is 3.07. The summed E-state index contributed by atoms with van der Waals surface area (Å²) in [6.45, 7) is 9.14. The van der Waals surface area contributed by atoms with E-state index in [1.807, 2.05) is 0 Å². The van der Waals surface area contributed by atoms with Gasteiger partial charge in [-0.3, -0.25) is 9.69 Å². The molecule has 0 saturated carbocycles. The highest BCUT2D eigenvalue weighted by Crippen LogP contribution is 2.09. The van der Waals surface area contributed by atoms with E-state index in [9.17, 15) is 4.79 Å². The fourth-order valence-corrected chi connectivity index (χ4v) is 2.36. The molecule has 2 rings (SSSR count). The molecule has 106 valence electrons. The minimum Gasteiger partial charge on any atom is -0.373 e. The summed E-state index contributed by atoms with van der Waals surface area (Å²) in [7, 11) is 0. The molecule has 1 N–H and O–H groups in total. The average Bonchev–Trinajstić information content (AvgIpc) is 2.74. The quantitative estimate of drug-likeness (QED) is 0.875. The van der Waals surface area contributed by atoms with Crippen LogP contribution in [0.2, 0.25) is 0 Å². The number of carbonyl (C=O) groups excluding carboxylic acids is 1. The van der Waals surface area contributed by atoms with E-state index in [0.717, 1.165) is 19.6 Å². The molecule has 6 nitrogen and oxygen atoms in total. The summed E-state index contributed by atoms with van der Waals surface area (Å²) < 4.78 is 10.5. The fraction of sp³-hybridized carbons (Fsp3) is 0.692. The van der Waals surface area contributed by atoms with Crippen LogP contribution < -0.4 is 5.32 Å². The molecule has 1 aromatic rings. The van der Waals surface area contributed by atoms with Crippen molar-refractivity contribution in [3.63, 3.8) is 0 Å². The van der Waals surface area contributed by atoms with Crippen molar-refractivity contribution in [1.29, 1.82) is 0 Å². The first-order valence-electron chi connectivity index (χ1n) is 6.64. The van der Waals surface area contributed by atoms with Gasteiger partial charge in [0.05, 0.1) is 12.2 Å². The number of amides is 1. The van der Waals surface area contributed by atoms with Crippen LogP contribution in [0.15, 0.2) is 10.6 Å². The van der Waals surface area contributed by atoms with Crippen molar-refractivity contribution in [2.75, 3.05) is 26.2 Å². The monoisotopic (exact) mass is 267 g/mol. The Morgan fingerprint density at radius 3 is 2.74 bits per heavy atom. The number of ether oxygens (including phenoxy) is 1. The third-order valence-electron chi connectivity index (χ3n) is 3.07. The molecule has 0 bridgehead atoms. The number of carbonyl (C=O) groups is 1. The first-order valence-corrected chi connectivity index (χ1v) is 6.64. The predicted octanol–water partition coefficient (Wildman–Crippen LogP) is 0.822. The number of aryl methyl sites for hydroxylation is 1. The Kier molecular flexibility index (Phi) is 4.55. The van der Waals surface area contributed by atoms with E-state index in [2.05, 4.69) is 29.2 Å². The third kappa shape index (κ3) is 4.04. The van der Waals surface area contributed by atoms with Crippen LogP contribution in [0.5, 0.6) is 0 Å². The minimum atomic E-state index is -0.189. The van der Waals surface area contributed by atoms with Crippen molar-refractivity contribution in [3.05, 3.63) is 17.5 Å². The van der Waals surface area contributed by atoms with E-state index < -0.39 is 0 Å².